The number of para-hydroxylation sites is 1. The highest BCUT2D eigenvalue weighted by atomic mass is 19.4. The van der Waals surface area contributed by atoms with E-state index in [1.54, 1.807) is 4.98 Å². The quantitative estimate of drug-likeness (QED) is 0.731. The number of hydrogen-bond acceptors (Lipinski definition) is 1. The molecule has 1 aromatic heterocycles. The van der Waals surface area contributed by atoms with Gasteiger partial charge in [-0.25, -0.2) is 0 Å². The van der Waals surface area contributed by atoms with Crippen LogP contribution >= 0.6 is 0 Å². The SMILES string of the molecule is OCCc1c(C(F)(F)C(F)(F)C(F)(F)C(F)(F)F)[nH]c2ccccc12. The number of fused-ring (bicyclic) bond motifs is 1. The fourth-order valence-electron chi connectivity index (χ4n) is 2.37. The second-order valence-electron chi connectivity index (χ2n) is 5.22. The van der Waals surface area contributed by atoms with Crippen LogP contribution in [0.15, 0.2) is 24.3 Å². The Morgan fingerprint density at radius 1 is 0.840 bits per heavy atom. The summed E-state index contributed by atoms with van der Waals surface area (Å²) in [6.45, 7) is -0.813. The van der Waals surface area contributed by atoms with Crippen molar-refractivity contribution in [1.29, 1.82) is 0 Å². The van der Waals surface area contributed by atoms with Crippen LogP contribution in [-0.2, 0) is 12.3 Å². The molecule has 2 aromatic rings. The van der Waals surface area contributed by atoms with Crippen LogP contribution in [0, 0.1) is 0 Å². The van der Waals surface area contributed by atoms with Gasteiger partial charge in [-0.3, -0.25) is 0 Å². The highest BCUT2D eigenvalue weighted by Crippen LogP contribution is 2.57. The lowest BCUT2D eigenvalue weighted by atomic mass is 9.96. The summed E-state index contributed by atoms with van der Waals surface area (Å²) in [5.41, 5.74) is -2.64. The van der Waals surface area contributed by atoms with E-state index < -0.39 is 48.2 Å². The molecule has 0 amide bonds. The fourth-order valence-corrected chi connectivity index (χ4v) is 2.37. The molecule has 0 radical (unpaired) electrons. The molecule has 140 valence electrons. The van der Waals surface area contributed by atoms with Crippen molar-refractivity contribution in [1.82, 2.24) is 4.98 Å². The second-order valence-corrected chi connectivity index (χ2v) is 5.22. The van der Waals surface area contributed by atoms with E-state index in [0.29, 0.717) is 0 Å². The number of alkyl halides is 9. The summed E-state index contributed by atoms with van der Waals surface area (Å²) in [6, 6.07) is 4.96. The van der Waals surface area contributed by atoms with E-state index in [9.17, 15) is 39.5 Å². The zero-order valence-corrected chi connectivity index (χ0v) is 12.1. The first-order valence-electron chi connectivity index (χ1n) is 6.70. The van der Waals surface area contributed by atoms with Crippen molar-refractivity contribution in [2.24, 2.45) is 0 Å². The predicted molar refractivity (Wildman–Crippen MR) is 68.9 cm³/mol. The molecular weight excluding hydrogens is 369 g/mol. The molecule has 25 heavy (non-hydrogen) atoms. The Hall–Kier alpha value is -1.91. The summed E-state index contributed by atoms with van der Waals surface area (Å²) in [7, 11) is 0. The van der Waals surface area contributed by atoms with Crippen LogP contribution in [-0.4, -0.2) is 34.7 Å². The Morgan fingerprint density at radius 3 is 1.92 bits per heavy atom. The lowest BCUT2D eigenvalue weighted by Crippen LogP contribution is -2.59. The van der Waals surface area contributed by atoms with Gasteiger partial charge in [-0.1, -0.05) is 18.2 Å². The Morgan fingerprint density at radius 2 is 1.40 bits per heavy atom. The molecule has 0 aliphatic heterocycles. The number of aromatic nitrogens is 1. The first-order valence-corrected chi connectivity index (χ1v) is 6.70. The number of halogens is 9. The zero-order valence-electron chi connectivity index (χ0n) is 12.1. The molecule has 1 heterocycles. The molecule has 2 rings (SSSR count). The van der Waals surface area contributed by atoms with Gasteiger partial charge in [0.05, 0.1) is 5.69 Å². The normalized spacial score (nSPS) is 14.3. The first-order chi connectivity index (χ1) is 11.3. The predicted octanol–water partition coefficient (Wildman–Crippen LogP) is 4.63. The summed E-state index contributed by atoms with van der Waals surface area (Å²) in [5.74, 6) is -19.6. The van der Waals surface area contributed by atoms with Gasteiger partial charge in [-0.05, 0) is 18.1 Å². The molecule has 2 N–H and O–H groups in total. The highest BCUT2D eigenvalue weighted by Gasteiger charge is 2.82. The summed E-state index contributed by atoms with van der Waals surface area (Å²) < 4.78 is 118. The zero-order chi connectivity index (χ0) is 19.3. The Bertz CT molecular complexity index is 763. The maximum Gasteiger partial charge on any atom is 0.460 e. The molecule has 0 spiro atoms. The van der Waals surface area contributed by atoms with Gasteiger partial charge in [-0.15, -0.1) is 0 Å². The van der Waals surface area contributed by atoms with Gasteiger partial charge in [0.25, 0.3) is 0 Å². The molecule has 0 saturated carbocycles. The molecule has 0 unspecified atom stereocenters. The maximum absolute atomic E-state index is 14.1. The number of aliphatic hydroxyl groups excluding tert-OH is 1. The number of hydrogen-bond donors (Lipinski definition) is 2. The third-order valence-corrected chi connectivity index (χ3v) is 3.63. The van der Waals surface area contributed by atoms with E-state index in [0.717, 1.165) is 6.07 Å². The average molecular weight is 379 g/mol. The largest absolute Gasteiger partial charge is 0.460 e. The summed E-state index contributed by atoms with van der Waals surface area (Å²) >= 11 is 0. The molecular formula is C14H10F9NO. The molecule has 2 nitrogen and oxygen atoms in total. The van der Waals surface area contributed by atoms with Crippen LogP contribution in [0.4, 0.5) is 39.5 Å². The number of aromatic amines is 1. The number of H-pyrrole nitrogens is 1. The molecule has 0 aliphatic carbocycles. The van der Waals surface area contributed by atoms with Gasteiger partial charge in [0.1, 0.15) is 0 Å². The van der Waals surface area contributed by atoms with Crippen LogP contribution in [0.25, 0.3) is 10.9 Å². The van der Waals surface area contributed by atoms with E-state index in [1.165, 1.54) is 18.2 Å². The van der Waals surface area contributed by atoms with Crippen LogP contribution in [0.2, 0.25) is 0 Å². The summed E-state index contributed by atoms with van der Waals surface area (Å²) in [5, 5.41) is 8.81. The first kappa shape index (κ1) is 19.4. The van der Waals surface area contributed by atoms with Gasteiger partial charge in [-0.2, -0.15) is 39.5 Å². The highest BCUT2D eigenvalue weighted by molar-refractivity contribution is 5.85. The Kier molecular flexibility index (Phi) is 4.52. The lowest BCUT2D eigenvalue weighted by molar-refractivity contribution is -0.400. The van der Waals surface area contributed by atoms with Crippen LogP contribution in [0.1, 0.15) is 11.3 Å². The summed E-state index contributed by atoms with van der Waals surface area (Å²) in [4.78, 5) is 1.78. The van der Waals surface area contributed by atoms with Crippen LogP contribution in [0.5, 0.6) is 0 Å². The minimum Gasteiger partial charge on any atom is -0.396 e. The monoisotopic (exact) mass is 379 g/mol. The van der Waals surface area contributed by atoms with Gasteiger partial charge in [0.15, 0.2) is 0 Å². The van der Waals surface area contributed by atoms with E-state index in [2.05, 4.69) is 0 Å². The van der Waals surface area contributed by atoms with Gasteiger partial charge >= 0.3 is 23.9 Å². The minimum absolute atomic E-state index is 0.0997. The van der Waals surface area contributed by atoms with Crippen molar-refractivity contribution >= 4 is 10.9 Å². The number of aliphatic hydroxyl groups is 1. The van der Waals surface area contributed by atoms with Gasteiger partial charge < -0.3 is 10.1 Å². The van der Waals surface area contributed by atoms with Crippen molar-refractivity contribution in [3.8, 4) is 0 Å². The van der Waals surface area contributed by atoms with Gasteiger partial charge in [0.2, 0.25) is 0 Å². The molecule has 0 bridgehead atoms. The molecule has 0 saturated heterocycles. The molecule has 0 fully saturated rings. The van der Waals surface area contributed by atoms with Crippen molar-refractivity contribution < 1.29 is 44.6 Å². The third kappa shape index (κ3) is 2.74. The third-order valence-electron chi connectivity index (χ3n) is 3.63. The van der Waals surface area contributed by atoms with Crippen molar-refractivity contribution in [2.45, 2.75) is 30.4 Å². The van der Waals surface area contributed by atoms with E-state index in [1.807, 2.05) is 0 Å². The van der Waals surface area contributed by atoms with Crippen LogP contribution in [0.3, 0.4) is 0 Å². The smallest absolute Gasteiger partial charge is 0.396 e. The van der Waals surface area contributed by atoms with E-state index >= 15 is 0 Å². The standard InChI is InChI=1S/C14H10F9NO/c15-11(16,12(17,18)13(19,20)14(21,22)23)10-8(5-6-25)7-3-1-2-4-9(7)24-10/h1-4,24-25H,5-6H2. The summed E-state index contributed by atoms with van der Waals surface area (Å²) in [6.07, 6.45) is -7.54. The van der Waals surface area contributed by atoms with Gasteiger partial charge in [0, 0.05) is 17.5 Å². The number of benzene rings is 1. The van der Waals surface area contributed by atoms with Crippen molar-refractivity contribution in [3.05, 3.63) is 35.5 Å². The minimum atomic E-state index is -6.97. The second kappa shape index (κ2) is 5.82. The van der Waals surface area contributed by atoms with Crippen molar-refractivity contribution in [3.63, 3.8) is 0 Å². The molecule has 0 aliphatic rings. The molecule has 1 aromatic carbocycles. The number of nitrogens with one attached hydrogen (secondary N) is 1. The Labute approximate surface area is 134 Å². The number of rotatable bonds is 5. The average Bonchev–Trinajstić information content (AvgIpc) is 2.86. The van der Waals surface area contributed by atoms with Crippen molar-refractivity contribution in [2.75, 3.05) is 6.61 Å². The lowest BCUT2D eigenvalue weighted by Gasteiger charge is -2.33. The topological polar surface area (TPSA) is 36.0 Å². The molecule has 11 heteroatoms. The van der Waals surface area contributed by atoms with E-state index in [4.69, 9.17) is 5.11 Å². The molecule has 0 atom stereocenters. The Balaban J connectivity index is 2.71. The van der Waals surface area contributed by atoms with Crippen LogP contribution < -0.4 is 0 Å². The van der Waals surface area contributed by atoms with E-state index in [-0.39, 0.29) is 10.9 Å². The fraction of sp³-hybridized carbons (Fsp3) is 0.429. The maximum atomic E-state index is 14.1.